The summed E-state index contributed by atoms with van der Waals surface area (Å²) < 4.78 is 4.91. The van der Waals surface area contributed by atoms with Crippen molar-refractivity contribution >= 4 is 46.0 Å². The standard InChI is InChI=1S/C30H24N4O10/c1-34(2)10-16(36)33-31-9-13-7-12-6-11-4-5-30(22(11)26(40)17(12)29(43)32-13)27(41)20-21(28(30)42)25(39)19-18(24(20)38)14(35)8-15(44-3)23(19)37/h6-9,38-40H,4-5,10H2,1-3H3,(H,32,43)(H,33,36)/b31-9+. The molecule has 3 aromatic rings. The van der Waals surface area contributed by atoms with E-state index in [1.54, 1.807) is 19.0 Å². The smallest absolute Gasteiger partial charge is 0.260 e. The van der Waals surface area contributed by atoms with Crippen molar-refractivity contribution in [1.29, 1.82) is 0 Å². The van der Waals surface area contributed by atoms with E-state index in [4.69, 9.17) is 4.74 Å². The first-order valence-corrected chi connectivity index (χ1v) is 13.3. The third-order valence-electron chi connectivity index (χ3n) is 8.11. The maximum absolute atomic E-state index is 14.1. The fourth-order valence-electron chi connectivity index (χ4n) is 6.32. The van der Waals surface area contributed by atoms with Gasteiger partial charge in [-0.05, 0) is 44.0 Å². The van der Waals surface area contributed by atoms with Crippen molar-refractivity contribution < 1.29 is 44.0 Å². The van der Waals surface area contributed by atoms with Gasteiger partial charge < -0.3 is 29.9 Å². The fraction of sp³-hybridized carbons (Fsp3) is 0.233. The van der Waals surface area contributed by atoms with Gasteiger partial charge in [0.05, 0.1) is 53.2 Å². The van der Waals surface area contributed by atoms with Crippen molar-refractivity contribution in [1.82, 2.24) is 15.3 Å². The Balaban J connectivity index is 1.48. The second-order valence-electron chi connectivity index (χ2n) is 11.0. The fourth-order valence-corrected chi connectivity index (χ4v) is 6.32. The van der Waals surface area contributed by atoms with Crippen molar-refractivity contribution in [2.24, 2.45) is 5.10 Å². The number of nitrogens with zero attached hydrogens (tertiary/aromatic N) is 2. The summed E-state index contributed by atoms with van der Waals surface area (Å²) in [6, 6.07) is 3.02. The first-order valence-electron chi connectivity index (χ1n) is 13.3. The van der Waals surface area contributed by atoms with Crippen LogP contribution < -0.4 is 11.0 Å². The summed E-state index contributed by atoms with van der Waals surface area (Å²) in [5, 5.41) is 37.5. The van der Waals surface area contributed by atoms with Gasteiger partial charge in [0.2, 0.25) is 5.78 Å². The number of hydrazone groups is 1. The number of phenolic OH excluding ortho intramolecular Hbond substituents is 3. The lowest BCUT2D eigenvalue weighted by atomic mass is 9.76. The topological polar surface area (TPSA) is 216 Å². The average Bonchev–Trinajstić information content (AvgIpc) is 3.44. The van der Waals surface area contributed by atoms with Gasteiger partial charge in [-0.2, -0.15) is 5.10 Å². The number of ketones is 4. The molecule has 0 aliphatic heterocycles. The molecule has 3 aliphatic rings. The summed E-state index contributed by atoms with van der Waals surface area (Å²) in [5.41, 5.74) is -2.83. The Morgan fingerprint density at radius 2 is 1.68 bits per heavy atom. The maximum Gasteiger partial charge on any atom is 0.260 e. The number of phenols is 3. The molecule has 5 N–H and O–H groups in total. The van der Waals surface area contributed by atoms with Crippen molar-refractivity contribution in [3.05, 3.63) is 73.4 Å². The number of hydrogen-bond donors (Lipinski definition) is 5. The SMILES string of the molecule is COC1=CC(=O)c2c(O)c3c(c(O)c2C1=O)C(=O)C1(CCc2cc4cc(/C=N/NC(=O)CN(C)C)[nH]c(=O)c4c(O)c21)C3=O. The zero-order valence-corrected chi connectivity index (χ0v) is 23.5. The van der Waals surface area contributed by atoms with E-state index in [0.29, 0.717) is 5.56 Å². The number of aromatic amines is 1. The molecule has 0 saturated heterocycles. The Bertz CT molecular complexity index is 2040. The Morgan fingerprint density at radius 1 is 1.02 bits per heavy atom. The summed E-state index contributed by atoms with van der Waals surface area (Å²) in [5.74, 6) is -7.24. The number of fused-ring (bicyclic) bond motifs is 5. The summed E-state index contributed by atoms with van der Waals surface area (Å²) in [6.07, 6.45) is 1.92. The molecule has 1 amide bonds. The number of carbonyl (C=O) groups excluding carboxylic acids is 5. The Kier molecular flexibility index (Phi) is 6.28. The number of pyridine rings is 1. The van der Waals surface area contributed by atoms with Gasteiger partial charge >= 0.3 is 0 Å². The lowest BCUT2D eigenvalue weighted by molar-refractivity contribution is -0.121. The number of aryl methyl sites for hydroxylation is 1. The van der Waals surface area contributed by atoms with Crippen LogP contribution in [0.1, 0.15) is 64.7 Å². The van der Waals surface area contributed by atoms with Gasteiger partial charge in [-0.15, -0.1) is 0 Å². The van der Waals surface area contributed by atoms with Crippen LogP contribution in [0.3, 0.4) is 0 Å². The minimum Gasteiger partial charge on any atom is -0.507 e. The third-order valence-corrected chi connectivity index (χ3v) is 8.11. The van der Waals surface area contributed by atoms with Crippen LogP contribution in [0.5, 0.6) is 17.2 Å². The number of carbonyl (C=O) groups is 5. The van der Waals surface area contributed by atoms with Gasteiger partial charge in [-0.25, -0.2) is 5.43 Å². The van der Waals surface area contributed by atoms with Crippen molar-refractivity contribution in [2.45, 2.75) is 18.3 Å². The molecule has 1 spiro atoms. The molecular weight excluding hydrogens is 576 g/mol. The van der Waals surface area contributed by atoms with Gasteiger partial charge in [0.15, 0.2) is 23.1 Å². The largest absolute Gasteiger partial charge is 0.507 e. The second kappa shape index (κ2) is 9.70. The van der Waals surface area contributed by atoms with Crippen LogP contribution in [0.4, 0.5) is 0 Å². The molecular formula is C30H24N4O10. The van der Waals surface area contributed by atoms with E-state index in [2.05, 4.69) is 15.5 Å². The van der Waals surface area contributed by atoms with E-state index in [1.807, 2.05) is 0 Å². The van der Waals surface area contributed by atoms with Crippen molar-refractivity contribution in [2.75, 3.05) is 27.7 Å². The highest BCUT2D eigenvalue weighted by Gasteiger charge is 2.61. The van der Waals surface area contributed by atoms with Crippen LogP contribution in [0.15, 0.2) is 33.9 Å². The molecule has 1 aromatic heterocycles. The summed E-state index contributed by atoms with van der Waals surface area (Å²) in [7, 11) is 4.54. The number of ether oxygens (including phenoxy) is 1. The molecule has 1 heterocycles. The molecule has 224 valence electrons. The van der Waals surface area contributed by atoms with Crippen LogP contribution in [0.2, 0.25) is 0 Å². The van der Waals surface area contributed by atoms with Crippen molar-refractivity contribution in [3.8, 4) is 17.2 Å². The van der Waals surface area contributed by atoms with E-state index < -0.39 is 79.4 Å². The van der Waals surface area contributed by atoms with Crippen LogP contribution in [0.25, 0.3) is 10.8 Å². The predicted molar refractivity (Wildman–Crippen MR) is 153 cm³/mol. The quantitative estimate of drug-likeness (QED) is 0.120. The molecule has 2 aromatic carbocycles. The molecule has 6 rings (SSSR count). The van der Waals surface area contributed by atoms with E-state index in [1.165, 1.54) is 18.3 Å². The normalized spacial score (nSPS) is 18.8. The predicted octanol–water partition coefficient (Wildman–Crippen LogP) is 0.829. The van der Waals surface area contributed by atoms with Crippen LogP contribution in [-0.2, 0) is 21.4 Å². The highest BCUT2D eigenvalue weighted by Crippen LogP contribution is 2.57. The minimum atomic E-state index is -2.14. The molecule has 0 bridgehead atoms. The van der Waals surface area contributed by atoms with E-state index in [9.17, 15) is 44.1 Å². The number of hydrogen-bond acceptors (Lipinski definition) is 12. The zero-order chi connectivity index (χ0) is 31.8. The number of aromatic hydroxyl groups is 3. The lowest BCUT2D eigenvalue weighted by Gasteiger charge is -2.22. The second-order valence-corrected chi connectivity index (χ2v) is 11.0. The minimum absolute atomic E-state index is 0.0878. The van der Waals surface area contributed by atoms with Gasteiger partial charge in [-0.1, -0.05) is 6.07 Å². The number of methoxy groups -OCH3 is 1. The number of rotatable bonds is 5. The molecule has 0 fully saturated rings. The zero-order valence-electron chi connectivity index (χ0n) is 23.5. The molecule has 14 heteroatoms. The maximum atomic E-state index is 14.1. The molecule has 44 heavy (non-hydrogen) atoms. The first kappa shape index (κ1) is 28.5. The molecule has 3 aliphatic carbocycles. The van der Waals surface area contributed by atoms with Crippen LogP contribution in [0, 0.1) is 0 Å². The molecule has 1 atom stereocenters. The van der Waals surface area contributed by atoms with E-state index in [0.717, 1.165) is 13.2 Å². The molecule has 0 radical (unpaired) electrons. The van der Waals surface area contributed by atoms with Gasteiger partial charge in [0.25, 0.3) is 11.5 Å². The monoisotopic (exact) mass is 600 g/mol. The highest BCUT2D eigenvalue weighted by molar-refractivity contribution is 6.38. The number of H-pyrrole nitrogens is 1. The number of likely N-dealkylation sites (N-methyl/N-ethyl adjacent to an activating group) is 1. The number of benzene rings is 2. The van der Waals surface area contributed by atoms with E-state index >= 15 is 0 Å². The lowest BCUT2D eigenvalue weighted by Crippen LogP contribution is -2.36. The highest BCUT2D eigenvalue weighted by atomic mass is 16.5. The summed E-state index contributed by atoms with van der Waals surface area (Å²) >= 11 is 0. The Labute approximate surface area is 247 Å². The number of Topliss-reactive ketones (excluding diaryl/α,β-unsaturated/α-hetero) is 3. The summed E-state index contributed by atoms with van der Waals surface area (Å²) in [6.45, 7) is 0.0878. The number of allylic oxidation sites excluding steroid dienone is 2. The molecule has 14 nitrogen and oxygen atoms in total. The average molecular weight is 601 g/mol. The molecule has 1 unspecified atom stereocenters. The van der Waals surface area contributed by atoms with Crippen LogP contribution in [-0.4, -0.2) is 88.2 Å². The van der Waals surface area contributed by atoms with Gasteiger partial charge in [0, 0.05) is 11.6 Å². The van der Waals surface area contributed by atoms with Crippen molar-refractivity contribution in [3.63, 3.8) is 0 Å². The summed E-state index contributed by atoms with van der Waals surface area (Å²) in [4.78, 5) is 83.0. The Hall–Kier alpha value is -5.63. The van der Waals surface area contributed by atoms with Crippen LogP contribution >= 0.6 is 0 Å². The first-order chi connectivity index (χ1) is 20.8. The Morgan fingerprint density at radius 3 is 2.32 bits per heavy atom. The third kappa shape index (κ3) is 3.74. The number of aromatic nitrogens is 1. The number of amides is 1. The van der Waals surface area contributed by atoms with Gasteiger partial charge in [0.1, 0.15) is 22.7 Å². The molecule has 0 saturated carbocycles. The van der Waals surface area contributed by atoms with E-state index in [-0.39, 0.29) is 47.3 Å². The van der Waals surface area contributed by atoms with Gasteiger partial charge in [-0.3, -0.25) is 28.8 Å². The number of nitrogens with one attached hydrogen (secondary N) is 2.